The Balaban J connectivity index is 1.23. The van der Waals surface area contributed by atoms with Crippen molar-refractivity contribution < 1.29 is 0 Å². The smallest absolute Gasteiger partial charge is 0.179 e. The molecule has 9 aromatic rings. The second-order valence-electron chi connectivity index (χ2n) is 15.0. The van der Waals surface area contributed by atoms with Gasteiger partial charge in [0.15, 0.2) is 25.5 Å². The Hall–Kier alpha value is -7.01. The Labute approximate surface area is 334 Å². The van der Waals surface area contributed by atoms with Crippen LogP contribution < -0.4 is 20.7 Å². The molecule has 0 spiro atoms. The van der Waals surface area contributed by atoms with E-state index >= 15 is 0 Å². The molecule has 2 bridgehead atoms. The molecule has 0 radical (unpaired) electrons. The maximum Gasteiger partial charge on any atom is 0.179 e. The molecule has 0 fully saturated rings. The second kappa shape index (κ2) is 13.6. The highest BCUT2D eigenvalue weighted by Gasteiger charge is 2.49. The fraction of sp³-hybridized carbons (Fsp3) is 0.0377. The third-order valence-corrected chi connectivity index (χ3v) is 16.9. The van der Waals surface area contributed by atoms with Gasteiger partial charge in [-0.15, -0.1) is 0 Å². The topological polar surface area (TPSA) is 38.7 Å². The highest BCUT2D eigenvalue weighted by Crippen LogP contribution is 2.57. The Bertz CT molecular complexity index is 2740. The minimum absolute atomic E-state index is 0.0382. The van der Waals surface area contributed by atoms with Crippen LogP contribution in [0.2, 0.25) is 0 Å². The maximum atomic E-state index is 5.30. The molecule has 1 aromatic heterocycles. The largest absolute Gasteiger partial charge is 0.208 e. The van der Waals surface area contributed by atoms with Crippen LogP contribution in [0.1, 0.15) is 45.2 Å². The highest BCUT2D eigenvalue weighted by molar-refractivity contribution is 7.20. The normalized spacial score (nSPS) is 15.0. The van der Waals surface area contributed by atoms with Gasteiger partial charge in [0, 0.05) is 28.5 Å². The van der Waals surface area contributed by atoms with Crippen molar-refractivity contribution in [2.75, 3.05) is 0 Å². The van der Waals surface area contributed by atoms with E-state index in [1.54, 1.807) is 0 Å². The van der Waals surface area contributed by atoms with Crippen molar-refractivity contribution >= 4 is 28.8 Å². The van der Waals surface area contributed by atoms with Gasteiger partial charge in [0.1, 0.15) is 0 Å². The first-order valence-electron chi connectivity index (χ1n) is 19.7. The van der Waals surface area contributed by atoms with Gasteiger partial charge in [0.05, 0.1) is 0 Å². The first-order valence-corrected chi connectivity index (χ1v) is 21.7. The molecule has 0 aliphatic heterocycles. The number of aromatic nitrogens is 3. The van der Waals surface area contributed by atoms with E-state index in [1.165, 1.54) is 54.1 Å². The van der Waals surface area contributed by atoms with E-state index in [2.05, 4.69) is 176 Å². The number of hydrogen-bond acceptors (Lipinski definition) is 3. The van der Waals surface area contributed by atoms with Crippen LogP contribution in [0.3, 0.4) is 0 Å². The van der Waals surface area contributed by atoms with Gasteiger partial charge in [0.25, 0.3) is 0 Å². The van der Waals surface area contributed by atoms with Gasteiger partial charge in [-0.2, -0.15) is 0 Å². The van der Waals surface area contributed by atoms with Crippen molar-refractivity contribution in [3.8, 4) is 34.2 Å². The summed E-state index contributed by atoms with van der Waals surface area (Å²) < 4.78 is 0. The molecule has 57 heavy (non-hydrogen) atoms. The molecule has 0 saturated carbocycles. The quantitative estimate of drug-likeness (QED) is 0.121. The van der Waals surface area contributed by atoms with Crippen molar-refractivity contribution in [2.24, 2.45) is 0 Å². The molecule has 0 saturated heterocycles. The summed E-state index contributed by atoms with van der Waals surface area (Å²) in [4.78, 5) is 15.7. The molecule has 2 unspecified atom stereocenters. The zero-order valence-corrected chi connectivity index (χ0v) is 32.2. The van der Waals surface area contributed by atoms with Gasteiger partial charge in [0.2, 0.25) is 0 Å². The van der Waals surface area contributed by atoms with E-state index < -0.39 is 8.07 Å². The minimum Gasteiger partial charge on any atom is -0.208 e. The molecular formula is C53H37N3Si. The van der Waals surface area contributed by atoms with Crippen molar-refractivity contribution in [1.29, 1.82) is 0 Å². The van der Waals surface area contributed by atoms with E-state index in [0.717, 1.165) is 16.7 Å². The van der Waals surface area contributed by atoms with E-state index in [-0.39, 0.29) is 11.8 Å². The van der Waals surface area contributed by atoms with Crippen LogP contribution in [0.4, 0.5) is 0 Å². The third kappa shape index (κ3) is 5.22. The average Bonchev–Trinajstić information content (AvgIpc) is 3.30. The summed E-state index contributed by atoms with van der Waals surface area (Å²) in [7, 11) is -2.90. The maximum absolute atomic E-state index is 5.30. The second-order valence-corrected chi connectivity index (χ2v) is 18.8. The molecule has 3 aliphatic carbocycles. The first-order chi connectivity index (χ1) is 28.3. The van der Waals surface area contributed by atoms with Crippen molar-refractivity contribution in [3.63, 3.8) is 0 Å². The van der Waals surface area contributed by atoms with E-state index in [0.29, 0.717) is 17.5 Å². The van der Waals surface area contributed by atoms with Crippen molar-refractivity contribution in [2.45, 2.75) is 11.8 Å². The van der Waals surface area contributed by atoms with Crippen molar-refractivity contribution in [3.05, 3.63) is 246 Å². The number of nitrogens with zero attached hydrogens (tertiary/aromatic N) is 3. The molecule has 268 valence electrons. The molecule has 8 aromatic carbocycles. The van der Waals surface area contributed by atoms with Gasteiger partial charge >= 0.3 is 0 Å². The van der Waals surface area contributed by atoms with Crippen LogP contribution in [0.5, 0.6) is 0 Å². The standard InChI is InChI=1S/C53H37N3Si/c1-6-20-36(21-7-1)51-54-52(37-22-8-2-9-23-37)56-53(55-51)45-34-18-32-43-47-41-30-16-17-31-42(41)50(48(43)45)49-44(47)33-19-35-46(49)57(38-24-10-3-11-25-38,39-26-12-4-13-27-39)40-28-14-5-15-29-40/h1-35,47,50H. The van der Waals surface area contributed by atoms with E-state index in [9.17, 15) is 0 Å². The van der Waals surface area contributed by atoms with E-state index in [4.69, 9.17) is 15.0 Å². The Morgan fingerprint density at radius 3 is 1.19 bits per heavy atom. The SMILES string of the molecule is c1ccc(-c2nc(-c3ccccc3)nc(-c3cccc4c3C3c5ccccc5C4c4cccc([Si](c5ccccc5)(c5ccccc5)c5ccccc5)c43)n2)cc1. The zero-order valence-electron chi connectivity index (χ0n) is 31.2. The molecule has 1 heterocycles. The fourth-order valence-corrected chi connectivity index (χ4v) is 14.8. The first kappa shape index (κ1) is 33.3. The molecule has 12 rings (SSSR count). The molecule has 3 nitrogen and oxygen atoms in total. The minimum atomic E-state index is -2.90. The predicted octanol–water partition coefficient (Wildman–Crippen LogP) is 9.24. The lowest BCUT2D eigenvalue weighted by atomic mass is 9.60. The lowest BCUT2D eigenvalue weighted by Crippen LogP contribution is -2.75. The van der Waals surface area contributed by atoms with Gasteiger partial charge < -0.3 is 0 Å². The number of hydrogen-bond donors (Lipinski definition) is 0. The van der Waals surface area contributed by atoms with Gasteiger partial charge in [-0.1, -0.05) is 212 Å². The zero-order chi connectivity index (χ0) is 37.8. The van der Waals surface area contributed by atoms with Crippen LogP contribution in [0, 0.1) is 0 Å². The molecule has 4 heteroatoms. The summed E-state index contributed by atoms with van der Waals surface area (Å²) in [6, 6.07) is 77.5. The van der Waals surface area contributed by atoms with Gasteiger partial charge in [-0.3, -0.25) is 0 Å². The highest BCUT2D eigenvalue weighted by atomic mass is 28.3. The summed E-state index contributed by atoms with van der Waals surface area (Å²) in [6.07, 6.45) is 0. The predicted molar refractivity (Wildman–Crippen MR) is 235 cm³/mol. The van der Waals surface area contributed by atoms with Gasteiger partial charge in [-0.25, -0.2) is 15.0 Å². The van der Waals surface area contributed by atoms with Crippen molar-refractivity contribution in [1.82, 2.24) is 15.0 Å². The van der Waals surface area contributed by atoms with Crippen LogP contribution in [-0.2, 0) is 0 Å². The summed E-state index contributed by atoms with van der Waals surface area (Å²) >= 11 is 0. The van der Waals surface area contributed by atoms with Crippen LogP contribution >= 0.6 is 0 Å². The summed E-state index contributed by atoms with van der Waals surface area (Å²) in [6.45, 7) is 0. The Kier molecular flexibility index (Phi) is 7.97. The lowest BCUT2D eigenvalue weighted by Gasteiger charge is -2.46. The summed E-state index contributed by atoms with van der Waals surface area (Å²) in [5, 5.41) is 5.55. The Morgan fingerprint density at radius 1 is 0.298 bits per heavy atom. The number of rotatable bonds is 7. The lowest BCUT2D eigenvalue weighted by molar-refractivity contribution is 0.758. The molecular weight excluding hydrogens is 707 g/mol. The number of benzene rings is 8. The van der Waals surface area contributed by atoms with Crippen LogP contribution in [0.15, 0.2) is 212 Å². The Morgan fingerprint density at radius 2 is 0.684 bits per heavy atom. The molecule has 0 N–H and O–H groups in total. The monoisotopic (exact) mass is 743 g/mol. The van der Waals surface area contributed by atoms with E-state index in [1.807, 2.05) is 36.4 Å². The summed E-state index contributed by atoms with van der Waals surface area (Å²) in [5.41, 5.74) is 11.2. The van der Waals surface area contributed by atoms with Crippen LogP contribution in [-0.4, -0.2) is 23.0 Å². The fourth-order valence-electron chi connectivity index (χ4n) is 9.79. The van der Waals surface area contributed by atoms with Gasteiger partial charge in [-0.05, 0) is 54.1 Å². The third-order valence-electron chi connectivity index (χ3n) is 12.1. The summed E-state index contributed by atoms with van der Waals surface area (Å²) in [5.74, 6) is 2.06. The molecule has 2 atom stereocenters. The van der Waals surface area contributed by atoms with Crippen LogP contribution in [0.25, 0.3) is 34.2 Å². The molecule has 3 aliphatic rings. The average molecular weight is 744 g/mol. The molecule has 0 amide bonds.